The number of likely N-dealkylation sites (tertiary alicyclic amines) is 1. The lowest BCUT2D eigenvalue weighted by molar-refractivity contribution is 0.0712. The summed E-state index contributed by atoms with van der Waals surface area (Å²) in [7, 11) is 0. The first kappa shape index (κ1) is 15.0. The van der Waals surface area contributed by atoms with Crippen LogP contribution in [0.15, 0.2) is 28.7 Å². The average molecular weight is 325 g/mol. The largest absolute Gasteiger partial charge is 0.330 e. The van der Waals surface area contributed by atoms with Crippen LogP contribution in [0.2, 0.25) is 0 Å². The van der Waals surface area contributed by atoms with Crippen LogP contribution in [0.3, 0.4) is 0 Å². The number of hydrogen-bond acceptors (Lipinski definition) is 2. The molecule has 19 heavy (non-hydrogen) atoms. The molecular weight excluding hydrogens is 300 g/mol. The number of nitrogens with two attached hydrogens (primary N) is 1. The first-order valence-corrected chi connectivity index (χ1v) is 8.16. The van der Waals surface area contributed by atoms with Crippen LogP contribution in [-0.4, -0.2) is 24.0 Å². The van der Waals surface area contributed by atoms with E-state index in [0.717, 1.165) is 24.0 Å². The summed E-state index contributed by atoms with van der Waals surface area (Å²) in [6.07, 6.45) is 3.71. The molecule has 1 fully saturated rings. The molecule has 2 rings (SSSR count). The van der Waals surface area contributed by atoms with Gasteiger partial charge in [-0.15, -0.1) is 0 Å². The smallest absolute Gasteiger partial charge is 0.0348 e. The molecule has 2 nitrogen and oxygen atoms in total. The van der Waals surface area contributed by atoms with Gasteiger partial charge in [0.25, 0.3) is 0 Å². The summed E-state index contributed by atoms with van der Waals surface area (Å²) in [5.41, 5.74) is 7.30. The van der Waals surface area contributed by atoms with Crippen LogP contribution in [0, 0.1) is 5.92 Å². The highest BCUT2D eigenvalue weighted by Gasteiger charge is 2.30. The van der Waals surface area contributed by atoms with Gasteiger partial charge in [0.1, 0.15) is 0 Å². The second-order valence-electron chi connectivity index (χ2n) is 5.70. The molecule has 1 aromatic rings. The second kappa shape index (κ2) is 6.87. The van der Waals surface area contributed by atoms with E-state index in [0.29, 0.717) is 18.0 Å². The van der Waals surface area contributed by atoms with Crippen molar-refractivity contribution in [3.63, 3.8) is 0 Å². The first-order chi connectivity index (χ1) is 9.15. The highest BCUT2D eigenvalue weighted by atomic mass is 79.9. The fraction of sp³-hybridized carbons (Fsp3) is 0.625. The minimum atomic E-state index is 0.525. The predicted octanol–water partition coefficient (Wildman–Crippen LogP) is 3.96. The van der Waals surface area contributed by atoms with Gasteiger partial charge in [-0.25, -0.2) is 0 Å². The minimum absolute atomic E-state index is 0.525. The lowest BCUT2D eigenvalue weighted by Crippen LogP contribution is -2.45. The number of benzene rings is 1. The minimum Gasteiger partial charge on any atom is -0.330 e. The number of halogens is 1. The normalized spacial score (nSPS) is 26.3. The molecule has 106 valence electrons. The molecule has 1 saturated heterocycles. The number of hydrogen-bond donors (Lipinski definition) is 1. The Morgan fingerprint density at radius 1 is 1.32 bits per heavy atom. The van der Waals surface area contributed by atoms with E-state index in [4.69, 9.17) is 5.73 Å². The van der Waals surface area contributed by atoms with Crippen molar-refractivity contribution in [3.8, 4) is 0 Å². The van der Waals surface area contributed by atoms with Crippen LogP contribution < -0.4 is 5.73 Å². The Bertz CT molecular complexity index is 390. The lowest BCUT2D eigenvalue weighted by atomic mass is 9.90. The second-order valence-corrected chi connectivity index (χ2v) is 6.62. The molecular formula is C16H25BrN2. The summed E-state index contributed by atoms with van der Waals surface area (Å²) in [4.78, 5) is 2.66. The molecule has 0 aromatic heterocycles. The first-order valence-electron chi connectivity index (χ1n) is 7.37. The Kier molecular flexibility index (Phi) is 5.43. The van der Waals surface area contributed by atoms with E-state index >= 15 is 0 Å². The molecule has 1 aliphatic rings. The van der Waals surface area contributed by atoms with Gasteiger partial charge in [0.05, 0.1) is 0 Å². The van der Waals surface area contributed by atoms with Crippen LogP contribution in [0.5, 0.6) is 0 Å². The van der Waals surface area contributed by atoms with Crippen LogP contribution >= 0.6 is 15.9 Å². The van der Waals surface area contributed by atoms with Crippen LogP contribution in [-0.2, 0) is 0 Å². The Hall–Kier alpha value is -0.380. The molecule has 0 bridgehead atoms. The molecule has 1 heterocycles. The van der Waals surface area contributed by atoms with Crippen molar-refractivity contribution in [2.24, 2.45) is 11.7 Å². The SMILES string of the molecule is CCC(c1ccc(Br)cc1)N1CC(CN)CCC1C. The third kappa shape index (κ3) is 3.59. The molecule has 0 aliphatic carbocycles. The third-order valence-electron chi connectivity index (χ3n) is 4.40. The van der Waals surface area contributed by atoms with Gasteiger partial charge in [-0.1, -0.05) is 35.0 Å². The number of piperidine rings is 1. The Morgan fingerprint density at radius 2 is 2.00 bits per heavy atom. The maximum atomic E-state index is 5.88. The van der Waals surface area contributed by atoms with E-state index in [1.54, 1.807) is 0 Å². The van der Waals surface area contributed by atoms with E-state index in [1.165, 1.54) is 18.4 Å². The van der Waals surface area contributed by atoms with Crippen molar-refractivity contribution >= 4 is 15.9 Å². The third-order valence-corrected chi connectivity index (χ3v) is 4.93. The van der Waals surface area contributed by atoms with Crippen molar-refractivity contribution in [2.75, 3.05) is 13.1 Å². The van der Waals surface area contributed by atoms with Crippen LogP contribution in [0.4, 0.5) is 0 Å². The van der Waals surface area contributed by atoms with Crippen molar-refractivity contribution < 1.29 is 0 Å². The van der Waals surface area contributed by atoms with Gasteiger partial charge in [0.15, 0.2) is 0 Å². The summed E-state index contributed by atoms with van der Waals surface area (Å²) in [6.45, 7) is 6.60. The number of nitrogens with zero attached hydrogens (tertiary/aromatic N) is 1. The van der Waals surface area contributed by atoms with Crippen molar-refractivity contribution in [2.45, 2.75) is 45.2 Å². The Balaban J connectivity index is 2.17. The summed E-state index contributed by atoms with van der Waals surface area (Å²) in [5.74, 6) is 0.667. The van der Waals surface area contributed by atoms with Gasteiger partial charge >= 0.3 is 0 Å². The highest BCUT2D eigenvalue weighted by molar-refractivity contribution is 9.10. The predicted molar refractivity (Wildman–Crippen MR) is 85.1 cm³/mol. The molecule has 0 spiro atoms. The van der Waals surface area contributed by atoms with Gasteiger partial charge in [-0.05, 0) is 56.3 Å². The molecule has 3 heteroatoms. The van der Waals surface area contributed by atoms with Crippen LogP contribution in [0.25, 0.3) is 0 Å². The number of rotatable bonds is 4. The molecule has 0 saturated carbocycles. The van der Waals surface area contributed by atoms with Crippen LogP contribution in [0.1, 0.15) is 44.7 Å². The average Bonchev–Trinajstić information content (AvgIpc) is 2.43. The maximum absolute atomic E-state index is 5.88. The highest BCUT2D eigenvalue weighted by Crippen LogP contribution is 2.33. The van der Waals surface area contributed by atoms with Crippen molar-refractivity contribution in [1.82, 2.24) is 4.90 Å². The summed E-state index contributed by atoms with van der Waals surface area (Å²) >= 11 is 3.51. The lowest BCUT2D eigenvalue weighted by Gasteiger charge is -2.42. The maximum Gasteiger partial charge on any atom is 0.0348 e. The molecule has 1 aromatic carbocycles. The molecule has 0 amide bonds. The van der Waals surface area contributed by atoms with E-state index in [2.05, 4.69) is 58.9 Å². The van der Waals surface area contributed by atoms with Gasteiger partial charge < -0.3 is 5.73 Å². The van der Waals surface area contributed by atoms with Crippen molar-refractivity contribution in [1.29, 1.82) is 0 Å². The zero-order valence-electron chi connectivity index (χ0n) is 12.0. The Labute approximate surface area is 125 Å². The monoisotopic (exact) mass is 324 g/mol. The Morgan fingerprint density at radius 3 is 2.58 bits per heavy atom. The van der Waals surface area contributed by atoms with Gasteiger partial charge in [-0.3, -0.25) is 4.90 Å². The zero-order chi connectivity index (χ0) is 13.8. The van der Waals surface area contributed by atoms with Gasteiger partial charge in [0.2, 0.25) is 0 Å². The quantitative estimate of drug-likeness (QED) is 0.908. The molecule has 3 atom stereocenters. The fourth-order valence-corrected chi connectivity index (χ4v) is 3.45. The van der Waals surface area contributed by atoms with E-state index < -0.39 is 0 Å². The molecule has 1 aliphatic heterocycles. The summed E-state index contributed by atoms with van der Waals surface area (Å²) in [5, 5.41) is 0. The van der Waals surface area contributed by atoms with Gasteiger partial charge in [-0.2, -0.15) is 0 Å². The summed E-state index contributed by atoms with van der Waals surface area (Å²) in [6, 6.07) is 9.97. The molecule has 2 N–H and O–H groups in total. The zero-order valence-corrected chi connectivity index (χ0v) is 13.6. The standard InChI is InChI=1S/C16H25BrN2/c1-3-16(14-6-8-15(17)9-7-14)19-11-13(10-18)5-4-12(19)2/h6-9,12-13,16H,3-5,10-11,18H2,1-2H3. The van der Waals surface area contributed by atoms with Crippen molar-refractivity contribution in [3.05, 3.63) is 34.3 Å². The fourth-order valence-electron chi connectivity index (χ4n) is 3.19. The summed E-state index contributed by atoms with van der Waals surface area (Å²) < 4.78 is 1.15. The van der Waals surface area contributed by atoms with E-state index in [-0.39, 0.29) is 0 Å². The topological polar surface area (TPSA) is 29.3 Å². The van der Waals surface area contributed by atoms with Gasteiger partial charge in [0, 0.05) is 23.1 Å². The molecule has 0 radical (unpaired) electrons. The van der Waals surface area contributed by atoms with E-state index in [1.807, 2.05) is 0 Å². The van der Waals surface area contributed by atoms with E-state index in [9.17, 15) is 0 Å². The molecule has 3 unspecified atom stereocenters.